The molecule has 2 aromatic rings. The third kappa shape index (κ3) is 3.37. The molecule has 3 rings (SSSR count). The number of hydrogen-bond acceptors (Lipinski definition) is 5. The first-order valence-corrected chi connectivity index (χ1v) is 7.19. The minimum atomic E-state index is -0.861. The molecule has 0 aliphatic carbocycles. The topological polar surface area (TPSA) is 102 Å². The molecular formula is C15H18N4O3. The Morgan fingerprint density at radius 1 is 1.36 bits per heavy atom. The molecule has 1 saturated heterocycles. The molecule has 7 heteroatoms. The highest BCUT2D eigenvalue weighted by atomic mass is 16.6. The largest absolute Gasteiger partial charge is 0.488 e. The van der Waals surface area contributed by atoms with Gasteiger partial charge in [0.25, 0.3) is 0 Å². The maximum atomic E-state index is 11.0. The molecule has 1 aromatic carbocycles. The zero-order valence-corrected chi connectivity index (χ0v) is 12.0. The number of ether oxygens (including phenoxy) is 2. The lowest BCUT2D eigenvalue weighted by Crippen LogP contribution is -2.28. The summed E-state index contributed by atoms with van der Waals surface area (Å²) in [7, 11) is 0. The van der Waals surface area contributed by atoms with E-state index in [1.165, 1.54) is 0 Å². The van der Waals surface area contributed by atoms with Crippen molar-refractivity contribution in [1.29, 1.82) is 0 Å². The highest BCUT2D eigenvalue weighted by Crippen LogP contribution is 2.32. The van der Waals surface area contributed by atoms with E-state index >= 15 is 0 Å². The van der Waals surface area contributed by atoms with Crippen LogP contribution in [0.3, 0.4) is 0 Å². The monoisotopic (exact) mass is 302 g/mol. The van der Waals surface area contributed by atoms with Gasteiger partial charge in [-0.2, -0.15) is 5.10 Å². The van der Waals surface area contributed by atoms with Crippen molar-refractivity contribution in [3.8, 4) is 22.6 Å². The van der Waals surface area contributed by atoms with Crippen LogP contribution in [0.15, 0.2) is 30.6 Å². The third-order valence-electron chi connectivity index (χ3n) is 3.59. The molecule has 2 heterocycles. The molecule has 22 heavy (non-hydrogen) atoms. The second-order valence-electron chi connectivity index (χ2n) is 5.17. The van der Waals surface area contributed by atoms with Crippen molar-refractivity contribution in [1.82, 2.24) is 15.5 Å². The summed E-state index contributed by atoms with van der Waals surface area (Å²) >= 11 is 0. The zero-order chi connectivity index (χ0) is 15.4. The highest BCUT2D eigenvalue weighted by molar-refractivity contribution is 5.71. The second kappa shape index (κ2) is 6.48. The summed E-state index contributed by atoms with van der Waals surface area (Å²) < 4.78 is 10.8. The van der Waals surface area contributed by atoms with Crippen LogP contribution >= 0.6 is 0 Å². The molecule has 1 aliphatic rings. The number of aromatic nitrogens is 2. The normalized spacial score (nSPS) is 17.4. The molecule has 1 amide bonds. The SMILES string of the molecule is NC(=O)Oc1ccc(-c2cn[nH]c2)cc1OCC1CCCN1. The first-order chi connectivity index (χ1) is 10.7. The van der Waals surface area contributed by atoms with Crippen LogP contribution in [-0.2, 0) is 0 Å². The van der Waals surface area contributed by atoms with Gasteiger partial charge >= 0.3 is 6.09 Å². The molecule has 0 saturated carbocycles. The number of nitrogens with zero attached hydrogens (tertiary/aromatic N) is 1. The minimum absolute atomic E-state index is 0.317. The summed E-state index contributed by atoms with van der Waals surface area (Å²) in [4.78, 5) is 11.0. The van der Waals surface area contributed by atoms with E-state index in [4.69, 9.17) is 15.2 Å². The molecule has 116 valence electrons. The van der Waals surface area contributed by atoms with Gasteiger partial charge in [-0.05, 0) is 37.1 Å². The van der Waals surface area contributed by atoms with Gasteiger partial charge in [0.1, 0.15) is 6.61 Å². The summed E-state index contributed by atoms with van der Waals surface area (Å²) in [5.41, 5.74) is 6.94. The van der Waals surface area contributed by atoms with E-state index in [2.05, 4.69) is 15.5 Å². The van der Waals surface area contributed by atoms with Crippen molar-refractivity contribution in [2.24, 2.45) is 5.73 Å². The first-order valence-electron chi connectivity index (χ1n) is 7.19. The molecule has 4 N–H and O–H groups in total. The molecule has 1 atom stereocenters. The van der Waals surface area contributed by atoms with Crippen molar-refractivity contribution in [2.45, 2.75) is 18.9 Å². The highest BCUT2D eigenvalue weighted by Gasteiger charge is 2.17. The van der Waals surface area contributed by atoms with E-state index in [-0.39, 0.29) is 0 Å². The number of carbonyl (C=O) groups is 1. The smallest absolute Gasteiger partial charge is 0.410 e. The second-order valence-corrected chi connectivity index (χ2v) is 5.17. The molecule has 7 nitrogen and oxygen atoms in total. The average molecular weight is 302 g/mol. The van der Waals surface area contributed by atoms with E-state index in [1.807, 2.05) is 12.1 Å². The maximum absolute atomic E-state index is 11.0. The summed E-state index contributed by atoms with van der Waals surface area (Å²) in [5.74, 6) is 0.809. The number of benzene rings is 1. The van der Waals surface area contributed by atoms with Crippen LogP contribution in [0.4, 0.5) is 4.79 Å². The van der Waals surface area contributed by atoms with E-state index < -0.39 is 6.09 Å². The van der Waals surface area contributed by atoms with Gasteiger partial charge in [-0.1, -0.05) is 6.07 Å². The Morgan fingerprint density at radius 3 is 2.95 bits per heavy atom. The van der Waals surface area contributed by atoms with Gasteiger partial charge in [0.05, 0.1) is 6.20 Å². The van der Waals surface area contributed by atoms with Gasteiger partial charge in [0, 0.05) is 17.8 Å². The van der Waals surface area contributed by atoms with E-state index in [0.29, 0.717) is 24.1 Å². The molecular weight excluding hydrogens is 284 g/mol. The molecule has 1 unspecified atom stereocenters. The number of carbonyl (C=O) groups excluding carboxylic acids is 1. The first kappa shape index (κ1) is 14.4. The average Bonchev–Trinajstić information content (AvgIpc) is 3.19. The lowest BCUT2D eigenvalue weighted by atomic mass is 10.1. The van der Waals surface area contributed by atoms with Crippen LogP contribution in [-0.4, -0.2) is 35.5 Å². The molecule has 0 bridgehead atoms. The van der Waals surface area contributed by atoms with E-state index in [0.717, 1.165) is 30.5 Å². The van der Waals surface area contributed by atoms with Crippen LogP contribution in [0.5, 0.6) is 11.5 Å². The van der Waals surface area contributed by atoms with Gasteiger partial charge in [-0.3, -0.25) is 5.10 Å². The molecule has 0 radical (unpaired) electrons. The van der Waals surface area contributed by atoms with Crippen molar-refractivity contribution < 1.29 is 14.3 Å². The molecule has 1 aliphatic heterocycles. The number of rotatable bonds is 5. The number of nitrogens with two attached hydrogens (primary N) is 1. The molecule has 1 fully saturated rings. The Hall–Kier alpha value is -2.54. The Bertz CT molecular complexity index is 636. The van der Waals surface area contributed by atoms with Gasteiger partial charge in [0.2, 0.25) is 0 Å². The quantitative estimate of drug-likeness (QED) is 0.779. The third-order valence-corrected chi connectivity index (χ3v) is 3.59. The maximum Gasteiger partial charge on any atom is 0.410 e. The Balaban J connectivity index is 1.81. The zero-order valence-electron chi connectivity index (χ0n) is 12.0. The van der Waals surface area contributed by atoms with Crippen LogP contribution in [0, 0.1) is 0 Å². The van der Waals surface area contributed by atoms with Gasteiger partial charge in [0.15, 0.2) is 11.5 Å². The van der Waals surface area contributed by atoms with Crippen molar-refractivity contribution in [3.63, 3.8) is 0 Å². The molecule has 0 spiro atoms. The molecule has 1 aromatic heterocycles. The number of hydrogen-bond donors (Lipinski definition) is 3. The number of nitrogens with one attached hydrogen (secondary N) is 2. The van der Waals surface area contributed by atoms with Gasteiger partial charge < -0.3 is 20.5 Å². The van der Waals surface area contributed by atoms with Crippen LogP contribution in [0.2, 0.25) is 0 Å². The van der Waals surface area contributed by atoms with Crippen molar-refractivity contribution in [2.75, 3.05) is 13.2 Å². The van der Waals surface area contributed by atoms with Crippen LogP contribution in [0.25, 0.3) is 11.1 Å². The lowest BCUT2D eigenvalue weighted by molar-refractivity contribution is 0.205. The minimum Gasteiger partial charge on any atom is -0.488 e. The summed E-state index contributed by atoms with van der Waals surface area (Å²) in [6.07, 6.45) is 4.86. The number of primary amides is 1. The fourth-order valence-corrected chi connectivity index (χ4v) is 2.49. The standard InChI is InChI=1S/C15H18N4O3/c16-15(20)22-13-4-3-10(11-7-18-19-8-11)6-14(13)21-9-12-2-1-5-17-12/h3-4,6-8,12,17H,1-2,5,9H2,(H2,16,20)(H,18,19). The Morgan fingerprint density at radius 2 is 2.27 bits per heavy atom. The Labute approximate surface area is 127 Å². The number of amides is 1. The van der Waals surface area contributed by atoms with E-state index in [9.17, 15) is 4.79 Å². The lowest BCUT2D eigenvalue weighted by Gasteiger charge is -2.15. The Kier molecular flexibility index (Phi) is 4.24. The fourth-order valence-electron chi connectivity index (χ4n) is 2.49. The summed E-state index contributed by atoms with van der Waals surface area (Å²) in [6, 6.07) is 5.63. The predicted octanol–water partition coefficient (Wildman–Crippen LogP) is 1.67. The number of aromatic amines is 1. The van der Waals surface area contributed by atoms with Crippen molar-refractivity contribution in [3.05, 3.63) is 30.6 Å². The van der Waals surface area contributed by atoms with Gasteiger partial charge in [-0.25, -0.2) is 4.79 Å². The van der Waals surface area contributed by atoms with E-state index in [1.54, 1.807) is 18.5 Å². The summed E-state index contributed by atoms with van der Waals surface area (Å²) in [5, 5.41) is 10.0. The van der Waals surface area contributed by atoms with Gasteiger partial charge in [-0.15, -0.1) is 0 Å². The summed E-state index contributed by atoms with van der Waals surface area (Å²) in [6.45, 7) is 1.53. The van der Waals surface area contributed by atoms with Crippen molar-refractivity contribution >= 4 is 6.09 Å². The van der Waals surface area contributed by atoms with Crippen LogP contribution in [0.1, 0.15) is 12.8 Å². The van der Waals surface area contributed by atoms with Crippen LogP contribution < -0.4 is 20.5 Å². The number of H-pyrrole nitrogens is 1. The predicted molar refractivity (Wildman–Crippen MR) is 80.8 cm³/mol. The fraction of sp³-hybridized carbons (Fsp3) is 0.333.